The van der Waals surface area contributed by atoms with Crippen molar-refractivity contribution in [2.75, 3.05) is 20.1 Å². The van der Waals surface area contributed by atoms with E-state index in [9.17, 15) is 14.0 Å². The van der Waals surface area contributed by atoms with E-state index in [1.807, 2.05) is 23.1 Å². The van der Waals surface area contributed by atoms with Crippen molar-refractivity contribution in [2.24, 2.45) is 11.8 Å². The van der Waals surface area contributed by atoms with Crippen molar-refractivity contribution in [3.63, 3.8) is 0 Å². The van der Waals surface area contributed by atoms with Gasteiger partial charge >= 0.3 is 0 Å². The molecule has 29 heavy (non-hydrogen) atoms. The fourth-order valence-electron chi connectivity index (χ4n) is 4.13. The summed E-state index contributed by atoms with van der Waals surface area (Å²) in [7, 11) is 1.78. The fraction of sp³-hybridized carbons (Fsp3) is 0.435. The van der Waals surface area contributed by atoms with Gasteiger partial charge in [-0.3, -0.25) is 14.6 Å². The molecule has 1 saturated heterocycles. The van der Waals surface area contributed by atoms with Gasteiger partial charge < -0.3 is 9.80 Å². The number of piperidine rings is 1. The van der Waals surface area contributed by atoms with Gasteiger partial charge in [0, 0.05) is 38.2 Å². The SMILES string of the molecule is CN(C(=O)C1CCN(C(=O)C2CC2)CC1)C(c1ccc(F)cc1)c1ccccn1. The van der Waals surface area contributed by atoms with Gasteiger partial charge in [0.15, 0.2) is 0 Å². The quantitative estimate of drug-likeness (QED) is 0.780. The average molecular weight is 395 g/mol. The van der Waals surface area contributed by atoms with E-state index < -0.39 is 0 Å². The van der Waals surface area contributed by atoms with Crippen molar-refractivity contribution >= 4 is 11.8 Å². The van der Waals surface area contributed by atoms with Gasteiger partial charge in [0.05, 0.1) is 11.7 Å². The molecule has 2 heterocycles. The molecule has 2 amide bonds. The molecule has 2 aliphatic rings. The van der Waals surface area contributed by atoms with E-state index in [1.165, 1.54) is 12.1 Å². The average Bonchev–Trinajstić information content (AvgIpc) is 3.60. The number of amides is 2. The molecule has 2 aromatic rings. The van der Waals surface area contributed by atoms with Crippen LogP contribution in [0.4, 0.5) is 4.39 Å². The van der Waals surface area contributed by atoms with Gasteiger partial charge in [-0.05, 0) is 55.5 Å². The standard InChI is InChI=1S/C23H26FN3O2/c1-26(22(28)18-11-14-27(15-12-18)23(29)17-5-6-17)21(20-4-2-3-13-25-20)16-7-9-19(24)10-8-16/h2-4,7-10,13,17-18,21H,5-6,11-12,14-15H2,1H3. The molecule has 4 rings (SSSR count). The number of carbonyl (C=O) groups is 2. The Bertz CT molecular complexity index is 859. The largest absolute Gasteiger partial charge is 0.342 e. The highest BCUT2D eigenvalue weighted by atomic mass is 19.1. The van der Waals surface area contributed by atoms with Crippen molar-refractivity contribution in [1.82, 2.24) is 14.8 Å². The van der Waals surface area contributed by atoms with Gasteiger partial charge in [-0.15, -0.1) is 0 Å². The maximum atomic E-state index is 13.4. The molecular weight excluding hydrogens is 369 g/mol. The van der Waals surface area contributed by atoms with E-state index in [-0.39, 0.29) is 35.5 Å². The van der Waals surface area contributed by atoms with E-state index in [1.54, 1.807) is 30.3 Å². The Kier molecular flexibility index (Phi) is 5.60. The molecule has 152 valence electrons. The van der Waals surface area contributed by atoms with Crippen molar-refractivity contribution in [3.8, 4) is 0 Å². The van der Waals surface area contributed by atoms with Gasteiger partial charge in [0.2, 0.25) is 11.8 Å². The first-order valence-corrected chi connectivity index (χ1v) is 10.3. The highest BCUT2D eigenvalue weighted by Gasteiger charge is 2.37. The van der Waals surface area contributed by atoms with Crippen LogP contribution in [0.3, 0.4) is 0 Å². The zero-order valence-corrected chi connectivity index (χ0v) is 16.6. The maximum Gasteiger partial charge on any atom is 0.226 e. The summed E-state index contributed by atoms with van der Waals surface area (Å²) in [6.07, 6.45) is 5.07. The van der Waals surface area contributed by atoms with Crippen molar-refractivity contribution in [3.05, 3.63) is 65.7 Å². The third kappa shape index (κ3) is 4.31. The second-order valence-electron chi connectivity index (χ2n) is 8.03. The lowest BCUT2D eigenvalue weighted by atomic mass is 9.93. The number of nitrogens with zero attached hydrogens (tertiary/aromatic N) is 3. The van der Waals surface area contributed by atoms with E-state index in [4.69, 9.17) is 0 Å². The minimum absolute atomic E-state index is 0.0449. The van der Waals surface area contributed by atoms with Gasteiger partial charge in [-0.1, -0.05) is 18.2 Å². The number of benzene rings is 1. The molecule has 1 saturated carbocycles. The Balaban J connectivity index is 1.50. The molecule has 0 radical (unpaired) electrons. The molecule has 1 aromatic heterocycles. The van der Waals surface area contributed by atoms with Gasteiger partial charge in [0.1, 0.15) is 5.82 Å². The number of halogens is 1. The van der Waals surface area contributed by atoms with Crippen LogP contribution in [0.2, 0.25) is 0 Å². The first-order valence-electron chi connectivity index (χ1n) is 10.3. The summed E-state index contributed by atoms with van der Waals surface area (Å²) in [5.74, 6) is 0.0903. The third-order valence-corrected chi connectivity index (χ3v) is 5.97. The second-order valence-corrected chi connectivity index (χ2v) is 8.03. The summed E-state index contributed by atoms with van der Waals surface area (Å²) in [6, 6.07) is 11.4. The van der Waals surface area contributed by atoms with Crippen molar-refractivity contribution in [2.45, 2.75) is 31.7 Å². The predicted octanol–water partition coefficient (Wildman–Crippen LogP) is 3.42. The van der Waals surface area contributed by atoms with E-state index in [0.717, 1.165) is 24.1 Å². The van der Waals surface area contributed by atoms with E-state index in [2.05, 4.69) is 4.98 Å². The zero-order chi connectivity index (χ0) is 20.4. The molecule has 1 aliphatic carbocycles. The molecule has 6 heteroatoms. The summed E-state index contributed by atoms with van der Waals surface area (Å²) in [5.41, 5.74) is 1.57. The Morgan fingerprint density at radius 3 is 2.31 bits per heavy atom. The number of rotatable bonds is 5. The molecular formula is C23H26FN3O2. The van der Waals surface area contributed by atoms with Crippen LogP contribution in [0.25, 0.3) is 0 Å². The van der Waals surface area contributed by atoms with Crippen LogP contribution in [-0.4, -0.2) is 46.7 Å². The van der Waals surface area contributed by atoms with Crippen LogP contribution in [0.1, 0.15) is 43.0 Å². The number of pyridine rings is 1. The highest BCUT2D eigenvalue weighted by molar-refractivity contribution is 5.82. The molecule has 0 bridgehead atoms. The van der Waals surface area contributed by atoms with Crippen LogP contribution in [0.15, 0.2) is 48.7 Å². The molecule has 1 aromatic carbocycles. The first kappa shape index (κ1) is 19.6. The summed E-state index contributed by atoms with van der Waals surface area (Å²) in [6.45, 7) is 1.29. The lowest BCUT2D eigenvalue weighted by molar-refractivity contribution is -0.141. The summed E-state index contributed by atoms with van der Waals surface area (Å²) < 4.78 is 13.4. The van der Waals surface area contributed by atoms with Crippen LogP contribution in [-0.2, 0) is 9.59 Å². The molecule has 1 unspecified atom stereocenters. The molecule has 5 nitrogen and oxygen atoms in total. The minimum Gasteiger partial charge on any atom is -0.342 e. The lowest BCUT2D eigenvalue weighted by Crippen LogP contribution is -2.45. The Labute approximate surface area is 170 Å². The third-order valence-electron chi connectivity index (χ3n) is 5.97. The first-order chi connectivity index (χ1) is 14.0. The monoisotopic (exact) mass is 395 g/mol. The van der Waals surface area contributed by atoms with Crippen molar-refractivity contribution < 1.29 is 14.0 Å². The van der Waals surface area contributed by atoms with E-state index in [0.29, 0.717) is 25.9 Å². The Morgan fingerprint density at radius 1 is 1.03 bits per heavy atom. The number of carbonyl (C=O) groups excluding carboxylic acids is 2. The van der Waals surface area contributed by atoms with Gasteiger partial charge in [-0.25, -0.2) is 4.39 Å². The summed E-state index contributed by atoms with van der Waals surface area (Å²) >= 11 is 0. The van der Waals surface area contributed by atoms with Crippen LogP contribution >= 0.6 is 0 Å². The fourth-order valence-corrected chi connectivity index (χ4v) is 4.13. The minimum atomic E-state index is -0.379. The van der Waals surface area contributed by atoms with Crippen LogP contribution in [0.5, 0.6) is 0 Å². The Morgan fingerprint density at radius 2 is 1.72 bits per heavy atom. The zero-order valence-electron chi connectivity index (χ0n) is 16.6. The predicted molar refractivity (Wildman–Crippen MR) is 107 cm³/mol. The number of likely N-dealkylation sites (tertiary alicyclic amines) is 1. The number of hydrogen-bond donors (Lipinski definition) is 0. The van der Waals surface area contributed by atoms with Crippen LogP contribution < -0.4 is 0 Å². The molecule has 1 atom stereocenters. The Hall–Kier alpha value is -2.76. The van der Waals surface area contributed by atoms with Gasteiger partial charge in [0.25, 0.3) is 0 Å². The molecule has 2 fully saturated rings. The molecule has 0 spiro atoms. The molecule has 1 aliphatic heterocycles. The normalized spacial score (nSPS) is 18.3. The van der Waals surface area contributed by atoms with E-state index >= 15 is 0 Å². The maximum absolute atomic E-state index is 13.4. The summed E-state index contributed by atoms with van der Waals surface area (Å²) in [4.78, 5) is 33.6. The number of aromatic nitrogens is 1. The lowest BCUT2D eigenvalue weighted by Gasteiger charge is -2.36. The van der Waals surface area contributed by atoms with Gasteiger partial charge in [-0.2, -0.15) is 0 Å². The van der Waals surface area contributed by atoms with Crippen molar-refractivity contribution in [1.29, 1.82) is 0 Å². The smallest absolute Gasteiger partial charge is 0.226 e. The van der Waals surface area contributed by atoms with Crippen LogP contribution in [0, 0.1) is 17.7 Å². The molecule has 0 N–H and O–H groups in total. The number of hydrogen-bond acceptors (Lipinski definition) is 3. The topological polar surface area (TPSA) is 53.5 Å². The highest BCUT2D eigenvalue weighted by Crippen LogP contribution is 2.34. The summed E-state index contributed by atoms with van der Waals surface area (Å²) in [5, 5.41) is 0. The second kappa shape index (κ2) is 8.31.